The number of hydrogen-bond acceptors (Lipinski definition) is 7. The number of nitrogens with zero attached hydrogens (tertiary/aromatic N) is 4. The van der Waals surface area contributed by atoms with Crippen LogP contribution in [0.15, 0.2) is 53.3 Å². The molecule has 0 aliphatic carbocycles. The fourth-order valence-corrected chi connectivity index (χ4v) is 3.98. The molecule has 2 aromatic carbocycles. The van der Waals surface area contributed by atoms with E-state index in [1.54, 1.807) is 32.4 Å². The number of aryl methyl sites for hydroxylation is 1. The number of ether oxygens (including phenoxy) is 2. The average molecular weight is 464 g/mol. The predicted molar refractivity (Wildman–Crippen MR) is 128 cm³/mol. The molecule has 1 fully saturated rings. The molecule has 0 saturated carbocycles. The molecule has 9 heteroatoms. The number of carbonyl (C=O) groups is 1. The third kappa shape index (κ3) is 5.79. The molecule has 1 amide bonds. The number of nitrogens with one attached hydrogen (secondary N) is 1. The first-order valence-electron chi connectivity index (χ1n) is 11.3. The van der Waals surface area contributed by atoms with Gasteiger partial charge in [-0.15, -0.1) is 10.2 Å². The fourth-order valence-electron chi connectivity index (χ4n) is 3.98. The summed E-state index contributed by atoms with van der Waals surface area (Å²) < 4.78 is 10.5. The van der Waals surface area contributed by atoms with Gasteiger partial charge in [-0.25, -0.2) is 0 Å². The number of methoxy groups -OCH3 is 2. The molecular formula is C25H29N5O4. The van der Waals surface area contributed by atoms with Crippen molar-refractivity contribution in [2.75, 3.05) is 40.4 Å². The van der Waals surface area contributed by atoms with Gasteiger partial charge in [-0.2, -0.15) is 0 Å². The molecule has 2 heterocycles. The topological polar surface area (TPSA) is 101 Å². The maximum absolute atomic E-state index is 12.7. The molecule has 1 saturated heterocycles. The Morgan fingerprint density at radius 1 is 0.971 bits per heavy atom. The summed E-state index contributed by atoms with van der Waals surface area (Å²) in [4.78, 5) is 32.2. The first-order valence-corrected chi connectivity index (χ1v) is 11.3. The Morgan fingerprint density at radius 3 is 2.26 bits per heavy atom. The minimum Gasteiger partial charge on any atom is -0.497 e. The number of hydrogen-bond donors (Lipinski definition) is 1. The highest BCUT2D eigenvalue weighted by Crippen LogP contribution is 2.27. The monoisotopic (exact) mass is 463 g/mol. The van der Waals surface area contributed by atoms with Gasteiger partial charge in [-0.1, -0.05) is 30.3 Å². The van der Waals surface area contributed by atoms with Crippen LogP contribution in [0, 0.1) is 0 Å². The molecule has 1 aromatic heterocycles. The normalized spacial score (nSPS) is 14.1. The van der Waals surface area contributed by atoms with Crippen LogP contribution in [0.4, 0.5) is 0 Å². The van der Waals surface area contributed by atoms with E-state index in [0.717, 1.165) is 19.6 Å². The van der Waals surface area contributed by atoms with Gasteiger partial charge in [0, 0.05) is 57.2 Å². The molecule has 0 unspecified atom stereocenters. The maximum Gasteiger partial charge on any atom is 0.273 e. The lowest BCUT2D eigenvalue weighted by molar-refractivity contribution is -0.133. The SMILES string of the molecule is COc1cc(OC)cc(-c2nnc(CCC(=O)N3CCN(Cc4ccccc4)CC3)c(=O)[nH]2)c1. The van der Waals surface area contributed by atoms with Crippen LogP contribution in [0.3, 0.4) is 0 Å². The number of carbonyl (C=O) groups excluding carboxylic acids is 1. The molecule has 4 rings (SSSR count). The lowest BCUT2D eigenvalue weighted by Crippen LogP contribution is -2.48. The van der Waals surface area contributed by atoms with Crippen molar-refractivity contribution in [3.05, 3.63) is 70.1 Å². The number of aromatic amines is 1. The molecule has 3 aromatic rings. The minimum atomic E-state index is -0.354. The van der Waals surface area contributed by atoms with Crippen LogP contribution in [-0.2, 0) is 17.8 Å². The Balaban J connectivity index is 1.32. The first-order chi connectivity index (χ1) is 16.6. The van der Waals surface area contributed by atoms with Gasteiger partial charge >= 0.3 is 0 Å². The summed E-state index contributed by atoms with van der Waals surface area (Å²) >= 11 is 0. The number of rotatable bonds is 8. The molecular weight excluding hydrogens is 434 g/mol. The summed E-state index contributed by atoms with van der Waals surface area (Å²) in [6, 6.07) is 15.5. The van der Waals surface area contributed by atoms with Crippen LogP contribution in [0.2, 0.25) is 0 Å². The van der Waals surface area contributed by atoms with Crippen LogP contribution in [0.25, 0.3) is 11.4 Å². The molecule has 0 spiro atoms. The Labute approximate surface area is 198 Å². The van der Waals surface area contributed by atoms with E-state index in [4.69, 9.17) is 9.47 Å². The fraction of sp³-hybridized carbons (Fsp3) is 0.360. The van der Waals surface area contributed by atoms with Crippen molar-refractivity contribution in [3.8, 4) is 22.9 Å². The standard InChI is InChI=1S/C25H29N5O4/c1-33-20-14-19(15-21(16-20)34-2)24-26-25(32)22(27-28-24)8-9-23(31)30-12-10-29(11-13-30)17-18-6-4-3-5-7-18/h3-7,14-16H,8-13,17H2,1-2H3,(H,26,28,32). The highest BCUT2D eigenvalue weighted by molar-refractivity contribution is 5.76. The molecule has 1 aliphatic heterocycles. The van der Waals surface area contributed by atoms with E-state index >= 15 is 0 Å². The number of amides is 1. The Hall–Kier alpha value is -3.72. The lowest BCUT2D eigenvalue weighted by atomic mass is 10.1. The zero-order chi connectivity index (χ0) is 23.9. The van der Waals surface area contributed by atoms with Gasteiger partial charge in [-0.05, 0) is 17.7 Å². The van der Waals surface area contributed by atoms with E-state index in [0.29, 0.717) is 36.0 Å². The molecule has 9 nitrogen and oxygen atoms in total. The van der Waals surface area contributed by atoms with Crippen molar-refractivity contribution in [2.24, 2.45) is 0 Å². The zero-order valence-electron chi connectivity index (χ0n) is 19.5. The van der Waals surface area contributed by atoms with E-state index in [-0.39, 0.29) is 30.0 Å². The molecule has 0 radical (unpaired) electrons. The Bertz CT molecular complexity index is 1150. The van der Waals surface area contributed by atoms with Crippen LogP contribution >= 0.6 is 0 Å². The Morgan fingerprint density at radius 2 is 1.65 bits per heavy atom. The van der Waals surface area contributed by atoms with Crippen molar-refractivity contribution in [2.45, 2.75) is 19.4 Å². The maximum atomic E-state index is 12.7. The molecule has 178 valence electrons. The van der Waals surface area contributed by atoms with Gasteiger partial charge in [0.25, 0.3) is 5.56 Å². The van der Waals surface area contributed by atoms with E-state index in [1.807, 2.05) is 23.1 Å². The predicted octanol–water partition coefficient (Wildman–Crippen LogP) is 2.13. The molecule has 1 aliphatic rings. The van der Waals surface area contributed by atoms with Gasteiger partial charge in [0.1, 0.15) is 17.2 Å². The van der Waals surface area contributed by atoms with E-state index in [2.05, 4.69) is 32.2 Å². The van der Waals surface area contributed by atoms with Gasteiger partial charge < -0.3 is 19.4 Å². The molecule has 0 atom stereocenters. The number of piperazine rings is 1. The van der Waals surface area contributed by atoms with Crippen LogP contribution < -0.4 is 15.0 Å². The third-order valence-corrected chi connectivity index (χ3v) is 5.94. The van der Waals surface area contributed by atoms with E-state index in [9.17, 15) is 9.59 Å². The number of aromatic nitrogens is 3. The first kappa shape index (κ1) is 23.4. The molecule has 34 heavy (non-hydrogen) atoms. The minimum absolute atomic E-state index is 0.0298. The smallest absolute Gasteiger partial charge is 0.273 e. The van der Waals surface area contributed by atoms with Crippen LogP contribution in [0.5, 0.6) is 11.5 Å². The summed E-state index contributed by atoms with van der Waals surface area (Å²) in [5.74, 6) is 1.50. The second kappa shape index (κ2) is 10.9. The third-order valence-electron chi connectivity index (χ3n) is 5.94. The van der Waals surface area contributed by atoms with Gasteiger partial charge in [0.05, 0.1) is 14.2 Å². The zero-order valence-corrected chi connectivity index (χ0v) is 19.5. The Kier molecular flexibility index (Phi) is 7.54. The van der Waals surface area contributed by atoms with Crippen molar-refractivity contribution in [1.29, 1.82) is 0 Å². The largest absolute Gasteiger partial charge is 0.497 e. The van der Waals surface area contributed by atoms with Crippen molar-refractivity contribution in [3.63, 3.8) is 0 Å². The highest BCUT2D eigenvalue weighted by atomic mass is 16.5. The molecule has 1 N–H and O–H groups in total. The summed E-state index contributed by atoms with van der Waals surface area (Å²) in [5.41, 5.74) is 1.79. The van der Waals surface area contributed by atoms with Crippen molar-refractivity contribution >= 4 is 5.91 Å². The van der Waals surface area contributed by atoms with Gasteiger partial charge in [0.15, 0.2) is 5.82 Å². The van der Waals surface area contributed by atoms with E-state index in [1.165, 1.54) is 5.56 Å². The van der Waals surface area contributed by atoms with Crippen molar-refractivity contribution in [1.82, 2.24) is 25.0 Å². The van der Waals surface area contributed by atoms with E-state index < -0.39 is 0 Å². The second-order valence-corrected chi connectivity index (χ2v) is 8.19. The summed E-state index contributed by atoms with van der Waals surface area (Å²) in [5, 5.41) is 8.24. The number of H-pyrrole nitrogens is 1. The van der Waals surface area contributed by atoms with Gasteiger partial charge in [-0.3, -0.25) is 14.5 Å². The second-order valence-electron chi connectivity index (χ2n) is 8.19. The average Bonchev–Trinajstić information content (AvgIpc) is 2.88. The summed E-state index contributed by atoms with van der Waals surface area (Å²) in [6.45, 7) is 3.92. The summed E-state index contributed by atoms with van der Waals surface area (Å²) in [7, 11) is 3.10. The number of benzene rings is 2. The lowest BCUT2D eigenvalue weighted by Gasteiger charge is -2.34. The summed E-state index contributed by atoms with van der Waals surface area (Å²) in [6.07, 6.45) is 0.468. The van der Waals surface area contributed by atoms with Crippen LogP contribution in [0.1, 0.15) is 17.7 Å². The highest BCUT2D eigenvalue weighted by Gasteiger charge is 2.21. The molecule has 0 bridgehead atoms. The van der Waals surface area contributed by atoms with Crippen molar-refractivity contribution < 1.29 is 14.3 Å². The van der Waals surface area contributed by atoms with Crippen LogP contribution in [-0.4, -0.2) is 71.3 Å². The van der Waals surface area contributed by atoms with Gasteiger partial charge in [0.2, 0.25) is 5.91 Å². The quantitative estimate of drug-likeness (QED) is 0.546.